The lowest BCUT2D eigenvalue weighted by atomic mass is 10.1. The maximum atomic E-state index is 12.5. The van der Waals surface area contributed by atoms with Crippen LogP contribution in [0.15, 0.2) is 42.5 Å². The van der Waals surface area contributed by atoms with Gasteiger partial charge in [-0.05, 0) is 42.8 Å². The molecule has 0 aliphatic carbocycles. The minimum absolute atomic E-state index is 0.0437. The van der Waals surface area contributed by atoms with Crippen LogP contribution in [0, 0.1) is 0 Å². The summed E-state index contributed by atoms with van der Waals surface area (Å²) in [6.45, 7) is 0.597. The van der Waals surface area contributed by atoms with Crippen molar-refractivity contribution in [3.63, 3.8) is 0 Å². The second-order valence-corrected chi connectivity index (χ2v) is 5.55. The second-order valence-electron chi connectivity index (χ2n) is 5.15. The van der Waals surface area contributed by atoms with Crippen molar-refractivity contribution in [2.45, 2.75) is 12.6 Å². The number of hydrogen-bond donors (Lipinski definition) is 2. The lowest BCUT2D eigenvalue weighted by Gasteiger charge is -2.09. The zero-order valence-electron chi connectivity index (χ0n) is 12.9. The van der Waals surface area contributed by atoms with E-state index in [1.165, 1.54) is 12.1 Å². The fourth-order valence-electron chi connectivity index (χ4n) is 1.95. The zero-order chi connectivity index (χ0) is 18.4. The lowest BCUT2D eigenvalue weighted by molar-refractivity contribution is -0.137. The van der Waals surface area contributed by atoms with Crippen molar-refractivity contribution in [1.82, 2.24) is 5.32 Å². The van der Waals surface area contributed by atoms with Crippen LogP contribution in [0.2, 0.25) is 5.02 Å². The van der Waals surface area contributed by atoms with Crippen LogP contribution < -0.4 is 10.1 Å². The Labute approximate surface area is 147 Å². The minimum Gasteiger partial charge on any atom is -0.506 e. The number of phenolic OH excluding ortho intramolecular Hbond substituents is 1. The summed E-state index contributed by atoms with van der Waals surface area (Å²) < 4.78 is 42.8. The first-order valence-corrected chi connectivity index (χ1v) is 7.72. The van der Waals surface area contributed by atoms with Gasteiger partial charge in [0, 0.05) is 18.2 Å². The fraction of sp³-hybridized carbons (Fsp3) is 0.235. The van der Waals surface area contributed by atoms with Crippen molar-refractivity contribution < 1.29 is 27.8 Å². The Morgan fingerprint density at radius 2 is 1.84 bits per heavy atom. The first-order valence-electron chi connectivity index (χ1n) is 7.34. The van der Waals surface area contributed by atoms with Gasteiger partial charge in [-0.3, -0.25) is 4.79 Å². The van der Waals surface area contributed by atoms with E-state index in [0.29, 0.717) is 25.3 Å². The monoisotopic (exact) mass is 373 g/mol. The van der Waals surface area contributed by atoms with Crippen LogP contribution in [-0.2, 0) is 6.18 Å². The van der Waals surface area contributed by atoms with Crippen LogP contribution in [0.3, 0.4) is 0 Å². The van der Waals surface area contributed by atoms with Gasteiger partial charge in [0.05, 0.1) is 17.2 Å². The van der Waals surface area contributed by atoms with Gasteiger partial charge in [-0.2, -0.15) is 13.2 Å². The molecule has 0 atom stereocenters. The smallest absolute Gasteiger partial charge is 0.416 e. The normalized spacial score (nSPS) is 11.2. The van der Waals surface area contributed by atoms with Crippen molar-refractivity contribution >= 4 is 17.5 Å². The van der Waals surface area contributed by atoms with Crippen LogP contribution in [0.1, 0.15) is 22.3 Å². The number of ether oxygens (including phenoxy) is 1. The number of halogens is 4. The van der Waals surface area contributed by atoms with E-state index >= 15 is 0 Å². The highest BCUT2D eigenvalue weighted by atomic mass is 35.5. The number of amides is 1. The summed E-state index contributed by atoms with van der Waals surface area (Å²) in [5.74, 6) is -0.0175. The Morgan fingerprint density at radius 3 is 2.44 bits per heavy atom. The van der Waals surface area contributed by atoms with E-state index in [-0.39, 0.29) is 16.3 Å². The predicted molar refractivity (Wildman–Crippen MR) is 87.0 cm³/mol. The summed E-state index contributed by atoms with van der Waals surface area (Å²) >= 11 is 5.75. The van der Waals surface area contributed by atoms with Gasteiger partial charge in [0.25, 0.3) is 5.91 Å². The molecule has 4 nitrogen and oxygen atoms in total. The highest BCUT2D eigenvalue weighted by molar-refractivity contribution is 6.32. The molecule has 2 aromatic rings. The van der Waals surface area contributed by atoms with Gasteiger partial charge in [-0.25, -0.2) is 0 Å². The van der Waals surface area contributed by atoms with Crippen molar-refractivity contribution in [1.29, 1.82) is 0 Å². The fourth-order valence-corrected chi connectivity index (χ4v) is 2.12. The van der Waals surface area contributed by atoms with Gasteiger partial charge >= 0.3 is 6.18 Å². The average molecular weight is 374 g/mol. The molecule has 8 heteroatoms. The molecule has 0 saturated carbocycles. The number of phenols is 1. The number of aromatic hydroxyl groups is 1. The Morgan fingerprint density at radius 1 is 1.16 bits per heavy atom. The first-order chi connectivity index (χ1) is 11.8. The molecular weight excluding hydrogens is 359 g/mol. The number of carbonyl (C=O) groups excluding carboxylic acids is 1. The number of carbonyl (C=O) groups is 1. The van der Waals surface area contributed by atoms with Crippen LogP contribution >= 0.6 is 11.6 Å². The molecule has 0 bridgehead atoms. The number of alkyl halides is 3. The van der Waals surface area contributed by atoms with Crippen LogP contribution in [0.25, 0.3) is 0 Å². The molecule has 2 aromatic carbocycles. The zero-order valence-corrected chi connectivity index (χ0v) is 13.7. The molecule has 0 aliphatic rings. The Kier molecular flexibility index (Phi) is 6.14. The molecule has 2 rings (SSSR count). The Bertz CT molecular complexity index is 733. The molecule has 0 spiro atoms. The van der Waals surface area contributed by atoms with Gasteiger partial charge in [-0.15, -0.1) is 0 Å². The van der Waals surface area contributed by atoms with Gasteiger partial charge in [0.1, 0.15) is 11.5 Å². The standard InChI is InChI=1S/C17H15ClF3NO3/c18-14-10-13(6-7-15(14)23)25-9-1-8-22-16(24)11-2-4-12(5-3-11)17(19,20)21/h2-7,10,23H,1,8-9H2,(H,22,24). The predicted octanol–water partition coefficient (Wildman–Crippen LogP) is 4.26. The summed E-state index contributed by atoms with van der Waals surface area (Å²) in [5.41, 5.74) is -0.649. The summed E-state index contributed by atoms with van der Waals surface area (Å²) in [7, 11) is 0. The van der Waals surface area contributed by atoms with E-state index in [1.807, 2.05) is 0 Å². The lowest BCUT2D eigenvalue weighted by Crippen LogP contribution is -2.25. The van der Waals surface area contributed by atoms with Crippen molar-refractivity contribution in [3.05, 3.63) is 58.6 Å². The number of nitrogens with one attached hydrogen (secondary N) is 1. The van der Waals surface area contributed by atoms with Gasteiger partial charge in [0.2, 0.25) is 0 Å². The first kappa shape index (κ1) is 18.9. The van der Waals surface area contributed by atoms with E-state index in [9.17, 15) is 23.1 Å². The largest absolute Gasteiger partial charge is 0.506 e. The SMILES string of the molecule is O=C(NCCCOc1ccc(O)c(Cl)c1)c1ccc(C(F)(F)F)cc1. The summed E-state index contributed by atoms with van der Waals surface area (Å²) in [6, 6.07) is 8.43. The summed E-state index contributed by atoms with van der Waals surface area (Å²) in [5, 5.41) is 12.1. The average Bonchev–Trinajstić information content (AvgIpc) is 2.57. The highest BCUT2D eigenvalue weighted by Gasteiger charge is 2.30. The van der Waals surface area contributed by atoms with Crippen LogP contribution in [0.4, 0.5) is 13.2 Å². The number of hydrogen-bond acceptors (Lipinski definition) is 3. The summed E-state index contributed by atoms with van der Waals surface area (Å²) in [4.78, 5) is 11.8. The molecule has 0 heterocycles. The molecule has 0 aliphatic heterocycles. The molecule has 1 amide bonds. The topological polar surface area (TPSA) is 58.6 Å². The van der Waals surface area contributed by atoms with E-state index in [1.54, 1.807) is 6.07 Å². The molecule has 0 aromatic heterocycles. The molecule has 25 heavy (non-hydrogen) atoms. The van der Waals surface area contributed by atoms with Crippen LogP contribution in [-0.4, -0.2) is 24.2 Å². The van der Waals surface area contributed by atoms with Crippen molar-refractivity contribution in [2.24, 2.45) is 0 Å². The molecule has 134 valence electrons. The molecule has 0 unspecified atom stereocenters. The molecule has 0 fully saturated rings. The molecule has 2 N–H and O–H groups in total. The second kappa shape index (κ2) is 8.11. The van der Waals surface area contributed by atoms with Crippen molar-refractivity contribution in [3.8, 4) is 11.5 Å². The maximum absolute atomic E-state index is 12.5. The quantitative estimate of drug-likeness (QED) is 0.744. The Balaban J connectivity index is 1.74. The van der Waals surface area contributed by atoms with E-state index < -0.39 is 17.6 Å². The Hall–Kier alpha value is -2.41. The molecule has 0 radical (unpaired) electrons. The third kappa shape index (κ3) is 5.56. The summed E-state index contributed by atoms with van der Waals surface area (Å²) in [6.07, 6.45) is -3.94. The third-order valence-corrected chi connectivity index (χ3v) is 3.57. The maximum Gasteiger partial charge on any atom is 0.416 e. The number of rotatable bonds is 6. The van der Waals surface area contributed by atoms with Gasteiger partial charge < -0.3 is 15.2 Å². The van der Waals surface area contributed by atoms with Gasteiger partial charge in [0.15, 0.2) is 0 Å². The van der Waals surface area contributed by atoms with Crippen LogP contribution in [0.5, 0.6) is 11.5 Å². The van der Waals surface area contributed by atoms with E-state index in [4.69, 9.17) is 16.3 Å². The molecule has 0 saturated heterocycles. The number of benzene rings is 2. The third-order valence-electron chi connectivity index (χ3n) is 3.27. The molecular formula is C17H15ClF3NO3. The highest BCUT2D eigenvalue weighted by Crippen LogP contribution is 2.29. The van der Waals surface area contributed by atoms with Gasteiger partial charge in [-0.1, -0.05) is 11.6 Å². The van der Waals surface area contributed by atoms with Crippen molar-refractivity contribution in [2.75, 3.05) is 13.2 Å². The van der Waals surface area contributed by atoms with E-state index in [0.717, 1.165) is 24.3 Å². The minimum atomic E-state index is -4.43. The van der Waals surface area contributed by atoms with E-state index in [2.05, 4.69) is 5.32 Å².